The van der Waals surface area contributed by atoms with Crippen LogP contribution in [-0.2, 0) is 21.4 Å². The molecule has 1 atom stereocenters. The van der Waals surface area contributed by atoms with Crippen molar-refractivity contribution in [2.75, 3.05) is 12.0 Å². The SMILES string of the molecule is CSCCC(NS(=O)(=O)c1ccc(Br)cc1)C(=O)NCc1cscn1. The number of amides is 1. The van der Waals surface area contributed by atoms with E-state index in [-0.39, 0.29) is 17.3 Å². The summed E-state index contributed by atoms with van der Waals surface area (Å²) in [6.07, 6.45) is 2.31. The molecule has 0 aliphatic carbocycles. The number of nitrogens with zero attached hydrogens (tertiary/aromatic N) is 1. The molecule has 0 aliphatic heterocycles. The number of halogens is 1. The van der Waals surface area contributed by atoms with Crippen LogP contribution in [-0.4, -0.2) is 37.4 Å². The van der Waals surface area contributed by atoms with Crippen molar-refractivity contribution in [1.29, 1.82) is 0 Å². The van der Waals surface area contributed by atoms with Crippen molar-refractivity contribution in [1.82, 2.24) is 15.0 Å². The first-order valence-electron chi connectivity index (χ1n) is 7.34. The normalized spacial score (nSPS) is 12.7. The van der Waals surface area contributed by atoms with Gasteiger partial charge in [-0.1, -0.05) is 15.9 Å². The molecular weight excluding hydrogens is 446 g/mol. The third-order valence-electron chi connectivity index (χ3n) is 3.28. The summed E-state index contributed by atoms with van der Waals surface area (Å²) in [6.45, 7) is 0.276. The van der Waals surface area contributed by atoms with Crippen molar-refractivity contribution in [3.8, 4) is 0 Å². The molecule has 1 aromatic carbocycles. The van der Waals surface area contributed by atoms with Crippen molar-refractivity contribution in [2.45, 2.75) is 23.9 Å². The lowest BCUT2D eigenvalue weighted by Crippen LogP contribution is -2.46. The Kier molecular flexibility index (Phi) is 7.88. The van der Waals surface area contributed by atoms with Gasteiger partial charge in [0.05, 0.1) is 22.6 Å². The molecule has 2 aromatic rings. The lowest BCUT2D eigenvalue weighted by Gasteiger charge is -2.18. The van der Waals surface area contributed by atoms with Gasteiger partial charge in [0.25, 0.3) is 0 Å². The lowest BCUT2D eigenvalue weighted by molar-refractivity contribution is -0.122. The number of thioether (sulfide) groups is 1. The predicted octanol–water partition coefficient (Wildman–Crippen LogP) is 2.62. The number of benzene rings is 1. The van der Waals surface area contributed by atoms with Gasteiger partial charge in [0.15, 0.2) is 0 Å². The average molecular weight is 464 g/mol. The van der Waals surface area contributed by atoms with Crippen LogP contribution < -0.4 is 10.0 Å². The zero-order chi connectivity index (χ0) is 18.3. The maximum Gasteiger partial charge on any atom is 0.241 e. The molecule has 0 spiro atoms. The number of hydrogen-bond acceptors (Lipinski definition) is 6. The van der Waals surface area contributed by atoms with Crippen LogP contribution in [0.5, 0.6) is 0 Å². The summed E-state index contributed by atoms with van der Waals surface area (Å²) in [4.78, 5) is 16.6. The molecule has 1 aromatic heterocycles. The van der Waals surface area contributed by atoms with Crippen molar-refractivity contribution in [2.24, 2.45) is 0 Å². The number of rotatable bonds is 9. The molecule has 0 fully saturated rings. The summed E-state index contributed by atoms with van der Waals surface area (Å²) in [7, 11) is -3.78. The first-order valence-corrected chi connectivity index (χ1v) is 12.0. The minimum Gasteiger partial charge on any atom is -0.349 e. The summed E-state index contributed by atoms with van der Waals surface area (Å²) < 4.78 is 28.4. The summed E-state index contributed by atoms with van der Waals surface area (Å²) in [5, 5.41) is 4.58. The number of hydrogen-bond donors (Lipinski definition) is 2. The first kappa shape index (κ1) is 20.4. The number of nitrogens with one attached hydrogen (secondary N) is 2. The Morgan fingerprint density at radius 3 is 2.68 bits per heavy atom. The minimum absolute atomic E-state index is 0.122. The Hall–Kier alpha value is -0.940. The van der Waals surface area contributed by atoms with Crippen molar-refractivity contribution in [3.63, 3.8) is 0 Å². The number of carbonyl (C=O) groups is 1. The quantitative estimate of drug-likeness (QED) is 0.596. The lowest BCUT2D eigenvalue weighted by atomic mass is 10.2. The highest BCUT2D eigenvalue weighted by molar-refractivity contribution is 9.10. The Labute approximate surface area is 164 Å². The van der Waals surface area contributed by atoms with E-state index in [0.29, 0.717) is 12.2 Å². The predicted molar refractivity (Wildman–Crippen MR) is 105 cm³/mol. The second-order valence-electron chi connectivity index (χ2n) is 5.11. The molecule has 25 heavy (non-hydrogen) atoms. The van der Waals surface area contributed by atoms with E-state index in [1.807, 2.05) is 11.6 Å². The molecule has 2 N–H and O–H groups in total. The molecule has 6 nitrogen and oxygen atoms in total. The van der Waals surface area contributed by atoms with E-state index in [0.717, 1.165) is 10.2 Å². The number of aromatic nitrogens is 1. The molecule has 1 unspecified atom stereocenters. The van der Waals surface area contributed by atoms with Crippen molar-refractivity contribution in [3.05, 3.63) is 45.3 Å². The van der Waals surface area contributed by atoms with E-state index in [1.165, 1.54) is 23.5 Å². The summed E-state index contributed by atoms with van der Waals surface area (Å²) in [5.74, 6) is 0.306. The van der Waals surface area contributed by atoms with E-state index >= 15 is 0 Å². The van der Waals surface area contributed by atoms with Crippen LogP contribution in [0.25, 0.3) is 0 Å². The first-order chi connectivity index (χ1) is 11.9. The summed E-state index contributed by atoms with van der Waals surface area (Å²) in [6, 6.07) is 5.44. The van der Waals surface area contributed by atoms with Gasteiger partial charge in [-0.25, -0.2) is 13.4 Å². The fourth-order valence-corrected chi connectivity index (χ4v) is 4.50. The van der Waals surface area contributed by atoms with Gasteiger partial charge in [-0.15, -0.1) is 11.3 Å². The van der Waals surface area contributed by atoms with E-state index in [1.54, 1.807) is 29.4 Å². The third kappa shape index (κ3) is 6.37. The number of carbonyl (C=O) groups excluding carboxylic acids is 1. The van der Waals surface area contributed by atoms with Gasteiger partial charge < -0.3 is 5.32 Å². The molecule has 0 saturated heterocycles. The van der Waals surface area contributed by atoms with Crippen molar-refractivity contribution < 1.29 is 13.2 Å². The third-order valence-corrected chi connectivity index (χ3v) is 6.57. The van der Waals surface area contributed by atoms with Crippen LogP contribution in [0.3, 0.4) is 0 Å². The zero-order valence-electron chi connectivity index (χ0n) is 13.4. The molecule has 2 rings (SSSR count). The standard InChI is InChI=1S/C15H18BrN3O3S3/c1-23-7-6-14(15(20)17-8-12-9-24-10-18-12)19-25(21,22)13-4-2-11(16)3-5-13/h2-5,9-10,14,19H,6-8H2,1H3,(H,17,20). The van der Waals surface area contributed by atoms with Gasteiger partial charge in [0, 0.05) is 9.85 Å². The fourth-order valence-electron chi connectivity index (χ4n) is 1.97. The van der Waals surface area contributed by atoms with Crippen LogP contribution in [0.4, 0.5) is 0 Å². The molecule has 1 amide bonds. The van der Waals surface area contributed by atoms with E-state index in [2.05, 4.69) is 31.0 Å². The molecule has 0 radical (unpaired) electrons. The van der Waals surface area contributed by atoms with Crippen molar-refractivity contribution >= 4 is 55.0 Å². The van der Waals surface area contributed by atoms with E-state index < -0.39 is 16.1 Å². The summed E-state index contributed by atoms with van der Waals surface area (Å²) >= 11 is 6.27. The maximum atomic E-state index is 12.5. The smallest absolute Gasteiger partial charge is 0.241 e. The minimum atomic E-state index is -3.78. The van der Waals surface area contributed by atoms with Gasteiger partial charge in [-0.2, -0.15) is 16.5 Å². The number of thiazole rings is 1. The van der Waals surface area contributed by atoms with Gasteiger partial charge in [0.2, 0.25) is 15.9 Å². The van der Waals surface area contributed by atoms with Crippen LogP contribution >= 0.6 is 39.0 Å². The van der Waals surface area contributed by atoms with E-state index in [9.17, 15) is 13.2 Å². The topological polar surface area (TPSA) is 88.2 Å². The Morgan fingerprint density at radius 2 is 2.08 bits per heavy atom. The summed E-state index contributed by atoms with van der Waals surface area (Å²) in [5.41, 5.74) is 2.43. The highest BCUT2D eigenvalue weighted by atomic mass is 79.9. The maximum absolute atomic E-state index is 12.5. The molecule has 0 bridgehead atoms. The zero-order valence-corrected chi connectivity index (χ0v) is 17.5. The Balaban J connectivity index is 2.07. The molecule has 1 heterocycles. The second kappa shape index (κ2) is 9.67. The van der Waals surface area contributed by atoms with Gasteiger partial charge in [-0.05, 0) is 42.7 Å². The van der Waals surface area contributed by atoms with Crippen LogP contribution in [0.1, 0.15) is 12.1 Å². The molecular formula is C15H18BrN3O3S3. The molecule has 136 valence electrons. The Bertz CT molecular complexity index is 780. The monoisotopic (exact) mass is 463 g/mol. The second-order valence-corrected chi connectivity index (χ2v) is 9.44. The van der Waals surface area contributed by atoms with Gasteiger partial charge >= 0.3 is 0 Å². The van der Waals surface area contributed by atoms with Crippen LogP contribution in [0, 0.1) is 0 Å². The number of sulfonamides is 1. The van der Waals surface area contributed by atoms with E-state index in [4.69, 9.17) is 0 Å². The van der Waals surface area contributed by atoms with Gasteiger partial charge in [-0.3, -0.25) is 4.79 Å². The Morgan fingerprint density at radius 1 is 1.36 bits per heavy atom. The molecule has 0 saturated carbocycles. The molecule has 10 heteroatoms. The molecule has 0 aliphatic rings. The largest absolute Gasteiger partial charge is 0.349 e. The highest BCUT2D eigenvalue weighted by Gasteiger charge is 2.25. The fraction of sp³-hybridized carbons (Fsp3) is 0.333. The van der Waals surface area contributed by atoms with Crippen LogP contribution in [0.2, 0.25) is 0 Å². The van der Waals surface area contributed by atoms with Crippen LogP contribution in [0.15, 0.2) is 44.5 Å². The van der Waals surface area contributed by atoms with Gasteiger partial charge in [0.1, 0.15) is 6.04 Å². The highest BCUT2D eigenvalue weighted by Crippen LogP contribution is 2.15. The average Bonchev–Trinajstić information content (AvgIpc) is 3.10.